The van der Waals surface area contributed by atoms with E-state index in [2.05, 4.69) is 168 Å². The van der Waals surface area contributed by atoms with Crippen LogP contribution >= 0.6 is 0 Å². The molecule has 6 aromatic carbocycles. The van der Waals surface area contributed by atoms with Crippen molar-refractivity contribution in [3.8, 4) is 22.6 Å². The average Bonchev–Trinajstić information content (AvgIpc) is 3.15. The minimum Gasteiger partial charge on any atom is -0.457 e. The number of fused-ring (bicyclic) bond motifs is 6. The molecule has 49 heavy (non-hydrogen) atoms. The zero-order valence-corrected chi connectivity index (χ0v) is 28.8. The highest BCUT2D eigenvalue weighted by atomic mass is 16.5. The number of allylic oxidation sites excluding steroid dienone is 1. The lowest BCUT2D eigenvalue weighted by atomic mass is 9.94. The van der Waals surface area contributed by atoms with Crippen LogP contribution in [0.25, 0.3) is 16.8 Å². The van der Waals surface area contributed by atoms with Gasteiger partial charge in [0.05, 0.1) is 0 Å². The summed E-state index contributed by atoms with van der Waals surface area (Å²) in [5, 5.41) is 0. The Labute approximate surface area is 291 Å². The smallest absolute Gasteiger partial charge is 0.133 e. The molecular formula is C45H43N3O. The zero-order valence-electron chi connectivity index (χ0n) is 28.8. The number of nitrogens with zero attached hydrogens (tertiary/aromatic N) is 3. The number of ether oxygens (including phenoxy) is 1. The number of hydrogen-bond donors (Lipinski definition) is 0. The van der Waals surface area contributed by atoms with E-state index in [-0.39, 0.29) is 0 Å². The fourth-order valence-electron chi connectivity index (χ4n) is 6.84. The maximum atomic E-state index is 5.94. The van der Waals surface area contributed by atoms with Gasteiger partial charge in [0.25, 0.3) is 0 Å². The van der Waals surface area contributed by atoms with Gasteiger partial charge in [-0.1, -0.05) is 121 Å². The van der Waals surface area contributed by atoms with E-state index in [1.54, 1.807) is 0 Å². The molecule has 3 heterocycles. The van der Waals surface area contributed by atoms with Gasteiger partial charge in [0.15, 0.2) is 0 Å². The molecule has 6 aromatic rings. The molecule has 0 aromatic heterocycles. The quantitative estimate of drug-likeness (QED) is 0.187. The summed E-state index contributed by atoms with van der Waals surface area (Å²) in [6, 6.07) is 51.0. The first-order chi connectivity index (χ1) is 24.0. The van der Waals surface area contributed by atoms with Crippen molar-refractivity contribution in [2.75, 3.05) is 42.9 Å². The van der Waals surface area contributed by atoms with Gasteiger partial charge in [0, 0.05) is 75.5 Å². The van der Waals surface area contributed by atoms with Crippen LogP contribution in [0.5, 0.6) is 11.5 Å². The Morgan fingerprint density at radius 2 is 1.16 bits per heavy atom. The molecule has 244 valence electrons. The van der Waals surface area contributed by atoms with Gasteiger partial charge in [0.1, 0.15) is 11.5 Å². The van der Waals surface area contributed by atoms with Gasteiger partial charge < -0.3 is 19.4 Å². The number of hydrogen-bond acceptors (Lipinski definition) is 4. The average molecular weight is 642 g/mol. The topological polar surface area (TPSA) is 19.0 Å². The van der Waals surface area contributed by atoms with Crippen LogP contribution in [0.2, 0.25) is 0 Å². The molecule has 0 radical (unpaired) electrons. The van der Waals surface area contributed by atoms with Crippen molar-refractivity contribution in [3.63, 3.8) is 0 Å². The molecule has 0 atom stereocenters. The lowest BCUT2D eigenvalue weighted by Gasteiger charge is -2.29. The van der Waals surface area contributed by atoms with Gasteiger partial charge in [-0.25, -0.2) is 0 Å². The van der Waals surface area contributed by atoms with Crippen molar-refractivity contribution < 1.29 is 4.74 Å². The molecule has 0 unspecified atom stereocenters. The Morgan fingerprint density at radius 3 is 1.94 bits per heavy atom. The monoisotopic (exact) mass is 641 g/mol. The van der Waals surface area contributed by atoms with E-state index in [0.29, 0.717) is 0 Å². The molecule has 0 saturated heterocycles. The molecule has 3 aliphatic heterocycles. The van der Waals surface area contributed by atoms with E-state index in [9.17, 15) is 0 Å². The molecule has 3 aliphatic rings. The van der Waals surface area contributed by atoms with Gasteiger partial charge in [-0.05, 0) is 64.1 Å². The van der Waals surface area contributed by atoms with Crippen LogP contribution in [0.3, 0.4) is 0 Å². The largest absolute Gasteiger partial charge is 0.457 e. The van der Waals surface area contributed by atoms with E-state index in [1.165, 1.54) is 61.7 Å². The highest BCUT2D eigenvalue weighted by molar-refractivity contribution is 5.84. The molecule has 0 amide bonds. The normalized spacial score (nSPS) is 13.3. The standard InChI is InChI=1S/C16H15N.C15H15NO.C14H13N/c1-17-15-10-6-5-9-14(15)11-12-16(17)13-7-3-2-4-8-13;1-16(2)13-8-7-12-9-11-5-3-4-6-14(11)17-15(12)10-13;1-15-10-11-6-2-3-7-12(11)13-8-4-5-9-14(13)15/h2-10,12H,11H2,1H3;3-8,10H,9H2,1-2H3;2-9H,10H2,1H3. The Kier molecular flexibility index (Phi) is 9.21. The third-order valence-corrected chi connectivity index (χ3v) is 9.47. The first-order valence-electron chi connectivity index (χ1n) is 17.0. The summed E-state index contributed by atoms with van der Waals surface area (Å²) in [5.41, 5.74) is 14.5. The molecule has 9 rings (SSSR count). The van der Waals surface area contributed by atoms with Gasteiger partial charge >= 0.3 is 0 Å². The number of para-hydroxylation sites is 3. The maximum Gasteiger partial charge on any atom is 0.133 e. The molecule has 0 aliphatic carbocycles. The predicted octanol–water partition coefficient (Wildman–Crippen LogP) is 10.5. The summed E-state index contributed by atoms with van der Waals surface area (Å²) in [4.78, 5) is 6.66. The highest BCUT2D eigenvalue weighted by Crippen LogP contribution is 2.39. The molecule has 4 nitrogen and oxygen atoms in total. The number of benzene rings is 6. The SMILES string of the molecule is CN(C)c1ccc2c(c1)Oc1ccccc1C2.CN1C(c2ccccc2)=CCc2ccccc21.CN1Cc2ccccc2-c2ccccc21. The van der Waals surface area contributed by atoms with Crippen LogP contribution in [0.15, 0.2) is 152 Å². The predicted molar refractivity (Wildman–Crippen MR) is 207 cm³/mol. The van der Waals surface area contributed by atoms with Crippen LogP contribution in [-0.2, 0) is 19.4 Å². The van der Waals surface area contributed by atoms with Gasteiger partial charge in [-0.15, -0.1) is 0 Å². The van der Waals surface area contributed by atoms with Gasteiger partial charge in [0.2, 0.25) is 0 Å². The van der Waals surface area contributed by atoms with Crippen LogP contribution in [0.4, 0.5) is 17.1 Å². The first kappa shape index (κ1) is 31.8. The van der Waals surface area contributed by atoms with Gasteiger partial charge in [-0.2, -0.15) is 0 Å². The van der Waals surface area contributed by atoms with Crippen molar-refractivity contribution in [3.05, 3.63) is 179 Å². The molecular weight excluding hydrogens is 599 g/mol. The Bertz CT molecular complexity index is 2100. The van der Waals surface area contributed by atoms with Crippen molar-refractivity contribution in [1.29, 1.82) is 0 Å². The molecule has 4 heteroatoms. The van der Waals surface area contributed by atoms with E-state index in [4.69, 9.17) is 4.74 Å². The number of rotatable bonds is 2. The second-order valence-electron chi connectivity index (χ2n) is 13.0. The van der Waals surface area contributed by atoms with Crippen molar-refractivity contribution >= 4 is 22.8 Å². The first-order valence-corrected chi connectivity index (χ1v) is 17.0. The highest BCUT2D eigenvalue weighted by Gasteiger charge is 2.19. The summed E-state index contributed by atoms with van der Waals surface area (Å²) in [5.74, 6) is 1.96. The minimum absolute atomic E-state index is 0.958. The second-order valence-corrected chi connectivity index (χ2v) is 13.0. The second kappa shape index (κ2) is 14.2. The molecule has 0 spiro atoms. The van der Waals surface area contributed by atoms with Crippen molar-refractivity contribution in [2.45, 2.75) is 19.4 Å². The van der Waals surface area contributed by atoms with E-state index < -0.39 is 0 Å². The lowest BCUT2D eigenvalue weighted by Crippen LogP contribution is -2.21. The van der Waals surface area contributed by atoms with E-state index >= 15 is 0 Å². The fraction of sp³-hybridized carbons (Fsp3) is 0.156. The fourth-order valence-corrected chi connectivity index (χ4v) is 6.84. The van der Waals surface area contributed by atoms with Gasteiger partial charge in [-0.3, -0.25) is 0 Å². The summed E-state index contributed by atoms with van der Waals surface area (Å²) < 4.78 is 5.94. The van der Waals surface area contributed by atoms with Crippen molar-refractivity contribution in [1.82, 2.24) is 0 Å². The molecule has 0 fully saturated rings. The molecule has 0 saturated carbocycles. The van der Waals surface area contributed by atoms with Crippen LogP contribution in [-0.4, -0.2) is 28.2 Å². The summed E-state index contributed by atoms with van der Waals surface area (Å²) in [7, 11) is 8.36. The Hall–Kier alpha value is -5.74. The van der Waals surface area contributed by atoms with E-state index in [0.717, 1.165) is 30.9 Å². The van der Waals surface area contributed by atoms with Crippen molar-refractivity contribution in [2.24, 2.45) is 0 Å². The van der Waals surface area contributed by atoms with Crippen LogP contribution in [0, 0.1) is 0 Å². The molecule has 0 bridgehead atoms. The lowest BCUT2D eigenvalue weighted by molar-refractivity contribution is 0.460. The summed E-state index contributed by atoms with van der Waals surface area (Å²) >= 11 is 0. The Balaban J connectivity index is 0.000000116. The third-order valence-electron chi connectivity index (χ3n) is 9.47. The van der Waals surface area contributed by atoms with Crippen LogP contribution < -0.4 is 19.4 Å². The zero-order chi connectivity index (χ0) is 33.7. The summed E-state index contributed by atoms with van der Waals surface area (Å²) in [6.45, 7) is 1.01. The van der Waals surface area contributed by atoms with Crippen LogP contribution in [0.1, 0.15) is 27.8 Å². The van der Waals surface area contributed by atoms with E-state index in [1.807, 2.05) is 26.2 Å². The number of anilines is 3. The third kappa shape index (κ3) is 6.81. The molecule has 0 N–H and O–H groups in total. The summed E-state index contributed by atoms with van der Waals surface area (Å²) in [6.07, 6.45) is 4.28. The minimum atomic E-state index is 0.958. The Morgan fingerprint density at radius 1 is 0.551 bits per heavy atom. The maximum absolute atomic E-state index is 5.94.